The molecule has 0 unspecified atom stereocenters. The van der Waals surface area contributed by atoms with Gasteiger partial charge in [0.15, 0.2) is 0 Å². The number of benzene rings is 1. The first kappa shape index (κ1) is 15.0. The second-order valence-electron chi connectivity index (χ2n) is 6.89. The minimum atomic E-state index is 0.0230. The third-order valence-electron chi connectivity index (χ3n) is 3.21. The number of ether oxygens (including phenoxy) is 1. The molecule has 0 atom stereocenters. The number of hydrogen-bond acceptors (Lipinski definition) is 2. The molecule has 0 aliphatic heterocycles. The van der Waals surface area contributed by atoms with E-state index in [-0.39, 0.29) is 10.8 Å². The highest BCUT2D eigenvalue weighted by atomic mass is 16.5. The molecule has 0 aromatic heterocycles. The topological polar surface area (TPSA) is 35.2 Å². The third-order valence-corrected chi connectivity index (χ3v) is 3.21. The summed E-state index contributed by atoms with van der Waals surface area (Å²) in [4.78, 5) is 0. The van der Waals surface area contributed by atoms with Crippen LogP contribution in [-0.4, -0.2) is 13.2 Å². The highest BCUT2D eigenvalue weighted by Crippen LogP contribution is 2.28. The Labute approximate surface area is 112 Å². The van der Waals surface area contributed by atoms with E-state index in [4.69, 9.17) is 10.5 Å². The number of rotatable bonds is 4. The molecule has 0 aliphatic carbocycles. The summed E-state index contributed by atoms with van der Waals surface area (Å²) >= 11 is 0. The number of hydrogen-bond donors (Lipinski definition) is 1. The van der Waals surface area contributed by atoms with Crippen molar-refractivity contribution in [3.63, 3.8) is 0 Å². The third kappa shape index (κ3) is 4.02. The molecule has 0 radical (unpaired) electrons. The van der Waals surface area contributed by atoms with Crippen LogP contribution in [0.5, 0.6) is 5.75 Å². The predicted octanol–water partition coefficient (Wildman–Crippen LogP) is 3.66. The van der Waals surface area contributed by atoms with Crippen LogP contribution in [0.15, 0.2) is 18.2 Å². The normalized spacial score (nSPS) is 12.6. The summed E-state index contributed by atoms with van der Waals surface area (Å²) in [6.45, 7) is 14.3. The second kappa shape index (κ2) is 5.31. The molecule has 0 saturated carbocycles. The van der Waals surface area contributed by atoms with Gasteiger partial charge in [-0.2, -0.15) is 0 Å². The second-order valence-corrected chi connectivity index (χ2v) is 6.89. The van der Waals surface area contributed by atoms with Gasteiger partial charge in [-0.25, -0.2) is 0 Å². The summed E-state index contributed by atoms with van der Waals surface area (Å²) in [5.74, 6) is 0.963. The summed E-state index contributed by atoms with van der Waals surface area (Å²) in [6.07, 6.45) is 0. The summed E-state index contributed by atoms with van der Waals surface area (Å²) in [7, 11) is 0. The zero-order valence-corrected chi connectivity index (χ0v) is 12.6. The zero-order valence-electron chi connectivity index (χ0n) is 12.6. The molecule has 1 aromatic carbocycles. The minimum Gasteiger partial charge on any atom is -0.493 e. The largest absolute Gasteiger partial charge is 0.493 e. The van der Waals surface area contributed by atoms with Crippen molar-refractivity contribution in [1.29, 1.82) is 0 Å². The van der Waals surface area contributed by atoms with Gasteiger partial charge in [0.2, 0.25) is 0 Å². The fraction of sp³-hybridized carbons (Fsp3) is 0.625. The SMILES string of the molecule is Cc1cc(C(C)(C)C)ccc1OCC(C)(C)CN. The Morgan fingerprint density at radius 2 is 1.72 bits per heavy atom. The molecule has 2 N–H and O–H groups in total. The first-order valence-electron chi connectivity index (χ1n) is 6.60. The summed E-state index contributed by atoms with van der Waals surface area (Å²) in [5.41, 5.74) is 8.44. The quantitative estimate of drug-likeness (QED) is 0.884. The Morgan fingerprint density at radius 3 is 2.17 bits per heavy atom. The Hall–Kier alpha value is -1.02. The lowest BCUT2D eigenvalue weighted by Crippen LogP contribution is -2.30. The first-order chi connectivity index (χ1) is 8.15. The van der Waals surface area contributed by atoms with Crippen molar-refractivity contribution in [2.24, 2.45) is 11.1 Å². The van der Waals surface area contributed by atoms with Crippen molar-refractivity contribution in [1.82, 2.24) is 0 Å². The highest BCUT2D eigenvalue weighted by molar-refractivity contribution is 5.38. The van der Waals surface area contributed by atoms with Crippen molar-refractivity contribution >= 4 is 0 Å². The van der Waals surface area contributed by atoms with E-state index in [9.17, 15) is 0 Å². The zero-order chi connectivity index (χ0) is 14.0. The van der Waals surface area contributed by atoms with Crippen LogP contribution in [0.1, 0.15) is 45.7 Å². The Morgan fingerprint density at radius 1 is 1.11 bits per heavy atom. The van der Waals surface area contributed by atoms with E-state index in [0.29, 0.717) is 13.2 Å². The van der Waals surface area contributed by atoms with Gasteiger partial charge < -0.3 is 10.5 Å². The van der Waals surface area contributed by atoms with E-state index in [2.05, 4.69) is 59.7 Å². The average Bonchev–Trinajstić information content (AvgIpc) is 2.26. The lowest BCUT2D eigenvalue weighted by Gasteiger charge is -2.24. The van der Waals surface area contributed by atoms with E-state index in [1.807, 2.05) is 0 Å². The molecule has 102 valence electrons. The number of aryl methyl sites for hydroxylation is 1. The molecule has 0 heterocycles. The van der Waals surface area contributed by atoms with Crippen LogP contribution in [0.3, 0.4) is 0 Å². The molecule has 1 aromatic rings. The molecular formula is C16H27NO. The maximum Gasteiger partial charge on any atom is 0.122 e. The van der Waals surface area contributed by atoms with Crippen molar-refractivity contribution in [2.45, 2.75) is 47.0 Å². The Balaban J connectivity index is 2.81. The standard InChI is InChI=1S/C16H27NO/c1-12-9-13(15(2,3)4)7-8-14(12)18-11-16(5,6)10-17/h7-9H,10-11,17H2,1-6H3. The Bertz CT molecular complexity index is 402. The molecule has 0 bridgehead atoms. The van der Waals surface area contributed by atoms with Gasteiger partial charge in [-0.1, -0.05) is 46.8 Å². The maximum absolute atomic E-state index is 5.88. The van der Waals surface area contributed by atoms with E-state index in [1.54, 1.807) is 0 Å². The lowest BCUT2D eigenvalue weighted by atomic mass is 9.86. The van der Waals surface area contributed by atoms with E-state index < -0.39 is 0 Å². The molecule has 2 nitrogen and oxygen atoms in total. The molecule has 18 heavy (non-hydrogen) atoms. The van der Waals surface area contributed by atoms with Gasteiger partial charge in [0.25, 0.3) is 0 Å². The molecule has 0 amide bonds. The van der Waals surface area contributed by atoms with Crippen LogP contribution >= 0.6 is 0 Å². The van der Waals surface area contributed by atoms with Crippen LogP contribution in [0, 0.1) is 12.3 Å². The monoisotopic (exact) mass is 249 g/mol. The molecular weight excluding hydrogens is 222 g/mol. The average molecular weight is 249 g/mol. The highest BCUT2D eigenvalue weighted by Gasteiger charge is 2.18. The molecule has 0 aliphatic rings. The van der Waals surface area contributed by atoms with Gasteiger partial charge >= 0.3 is 0 Å². The van der Waals surface area contributed by atoms with Crippen LogP contribution < -0.4 is 10.5 Å². The molecule has 0 fully saturated rings. The van der Waals surface area contributed by atoms with Gasteiger partial charge in [0.05, 0.1) is 6.61 Å². The van der Waals surface area contributed by atoms with Gasteiger partial charge in [0, 0.05) is 12.0 Å². The summed E-state index contributed by atoms with van der Waals surface area (Å²) < 4.78 is 5.88. The van der Waals surface area contributed by atoms with Crippen molar-refractivity contribution in [2.75, 3.05) is 13.2 Å². The molecule has 2 heteroatoms. The first-order valence-corrected chi connectivity index (χ1v) is 6.60. The van der Waals surface area contributed by atoms with Crippen LogP contribution in [0.4, 0.5) is 0 Å². The predicted molar refractivity (Wildman–Crippen MR) is 78.2 cm³/mol. The van der Waals surface area contributed by atoms with Crippen LogP contribution in [0.2, 0.25) is 0 Å². The summed E-state index contributed by atoms with van der Waals surface area (Å²) in [5, 5.41) is 0. The van der Waals surface area contributed by atoms with Crippen molar-refractivity contribution in [3.8, 4) is 5.75 Å². The van der Waals surface area contributed by atoms with Crippen molar-refractivity contribution in [3.05, 3.63) is 29.3 Å². The van der Waals surface area contributed by atoms with E-state index in [0.717, 1.165) is 5.75 Å². The van der Waals surface area contributed by atoms with Gasteiger partial charge in [-0.3, -0.25) is 0 Å². The van der Waals surface area contributed by atoms with Gasteiger partial charge in [-0.15, -0.1) is 0 Å². The minimum absolute atomic E-state index is 0.0230. The smallest absolute Gasteiger partial charge is 0.122 e. The van der Waals surface area contributed by atoms with Gasteiger partial charge in [-0.05, 0) is 29.5 Å². The molecule has 0 spiro atoms. The fourth-order valence-corrected chi connectivity index (χ4v) is 1.61. The summed E-state index contributed by atoms with van der Waals surface area (Å²) in [6, 6.07) is 6.44. The van der Waals surface area contributed by atoms with E-state index >= 15 is 0 Å². The molecule has 1 rings (SSSR count). The van der Waals surface area contributed by atoms with Crippen LogP contribution in [0.25, 0.3) is 0 Å². The molecule has 0 saturated heterocycles. The van der Waals surface area contributed by atoms with Gasteiger partial charge in [0.1, 0.15) is 5.75 Å². The lowest BCUT2D eigenvalue weighted by molar-refractivity contribution is 0.186. The Kier molecular flexibility index (Phi) is 4.44. The van der Waals surface area contributed by atoms with E-state index in [1.165, 1.54) is 11.1 Å². The number of nitrogens with two attached hydrogens (primary N) is 1. The maximum atomic E-state index is 5.88. The fourth-order valence-electron chi connectivity index (χ4n) is 1.61. The van der Waals surface area contributed by atoms with Crippen molar-refractivity contribution < 1.29 is 4.74 Å². The van der Waals surface area contributed by atoms with Crippen LogP contribution in [-0.2, 0) is 5.41 Å².